The van der Waals surface area contributed by atoms with Crippen molar-refractivity contribution in [3.05, 3.63) is 58.3 Å². The topological polar surface area (TPSA) is 18.5 Å². The van der Waals surface area contributed by atoms with Gasteiger partial charge in [-0.05, 0) is 11.4 Å². The third kappa shape index (κ3) is 1.78. The normalized spacial score (nSPS) is 11.6. The molecule has 2 aromatic rings. The zero-order valence-electron chi connectivity index (χ0n) is 9.34. The molecule has 2 nitrogen and oxygen atoms in total. The summed E-state index contributed by atoms with van der Waals surface area (Å²) in [5.74, 6) is -0.782. The van der Waals surface area contributed by atoms with E-state index in [0.717, 1.165) is 10.4 Å². The van der Waals surface area contributed by atoms with E-state index in [2.05, 4.69) is 0 Å². The predicted octanol–water partition coefficient (Wildman–Crippen LogP) is 3.24. The minimum Gasteiger partial charge on any atom is -0.345 e. The molecule has 16 heavy (non-hydrogen) atoms. The van der Waals surface area contributed by atoms with Crippen LogP contribution in [0.3, 0.4) is 0 Å². The van der Waals surface area contributed by atoms with E-state index in [-0.39, 0.29) is 0 Å². The molecule has 0 fully saturated rings. The van der Waals surface area contributed by atoms with Gasteiger partial charge in [0.2, 0.25) is 5.79 Å². The second-order valence-corrected chi connectivity index (χ2v) is 4.32. The number of thiophene rings is 1. The highest BCUT2D eigenvalue weighted by molar-refractivity contribution is 7.10. The summed E-state index contributed by atoms with van der Waals surface area (Å²) < 4.78 is 11.2. The van der Waals surface area contributed by atoms with Crippen LogP contribution in [0, 0.1) is 0 Å². The number of hydrogen-bond donors (Lipinski definition) is 0. The molecule has 0 saturated carbocycles. The smallest absolute Gasteiger partial charge is 0.231 e. The van der Waals surface area contributed by atoms with Crippen LogP contribution in [0.15, 0.2) is 47.8 Å². The Bertz CT molecular complexity index is 418. The predicted molar refractivity (Wildman–Crippen MR) is 65.6 cm³/mol. The molecule has 0 unspecified atom stereocenters. The summed E-state index contributed by atoms with van der Waals surface area (Å²) in [5, 5.41) is 2.02. The first-order valence-electron chi connectivity index (χ1n) is 5.03. The van der Waals surface area contributed by atoms with Crippen molar-refractivity contribution in [3.8, 4) is 0 Å². The van der Waals surface area contributed by atoms with Crippen LogP contribution in [0.4, 0.5) is 0 Å². The fourth-order valence-electron chi connectivity index (χ4n) is 1.79. The Labute approximate surface area is 99.5 Å². The van der Waals surface area contributed by atoms with Gasteiger partial charge in [-0.2, -0.15) is 0 Å². The average molecular weight is 234 g/mol. The molecule has 0 saturated heterocycles. The highest BCUT2D eigenvalue weighted by Crippen LogP contribution is 2.36. The Morgan fingerprint density at radius 3 is 2.12 bits per heavy atom. The lowest BCUT2D eigenvalue weighted by Gasteiger charge is -2.30. The molecule has 0 bridgehead atoms. The average Bonchev–Trinajstić information content (AvgIpc) is 2.87. The minimum absolute atomic E-state index is 0.782. The van der Waals surface area contributed by atoms with Gasteiger partial charge in [0.25, 0.3) is 0 Å². The Morgan fingerprint density at radius 2 is 1.62 bits per heavy atom. The first-order chi connectivity index (χ1) is 7.83. The summed E-state index contributed by atoms with van der Waals surface area (Å²) in [6, 6.07) is 14.0. The van der Waals surface area contributed by atoms with Crippen LogP contribution in [-0.2, 0) is 15.3 Å². The quantitative estimate of drug-likeness (QED) is 0.756. The lowest BCUT2D eigenvalue weighted by Crippen LogP contribution is -2.31. The number of methoxy groups -OCH3 is 2. The zero-order valence-corrected chi connectivity index (χ0v) is 10.2. The molecule has 3 heteroatoms. The van der Waals surface area contributed by atoms with Crippen molar-refractivity contribution in [1.29, 1.82) is 0 Å². The summed E-state index contributed by atoms with van der Waals surface area (Å²) in [4.78, 5) is 1.05. The lowest BCUT2D eigenvalue weighted by molar-refractivity contribution is -0.181. The maximum Gasteiger partial charge on any atom is 0.231 e. The maximum atomic E-state index is 5.61. The van der Waals surface area contributed by atoms with E-state index in [1.165, 1.54) is 0 Å². The molecule has 1 heterocycles. The third-order valence-corrected chi connectivity index (χ3v) is 3.53. The largest absolute Gasteiger partial charge is 0.345 e. The van der Waals surface area contributed by atoms with Gasteiger partial charge in [0, 0.05) is 19.8 Å². The van der Waals surface area contributed by atoms with Crippen molar-refractivity contribution in [2.75, 3.05) is 14.2 Å². The van der Waals surface area contributed by atoms with Gasteiger partial charge in [0.1, 0.15) is 0 Å². The van der Waals surface area contributed by atoms with Crippen molar-refractivity contribution < 1.29 is 9.47 Å². The highest BCUT2D eigenvalue weighted by Gasteiger charge is 2.35. The molecule has 2 rings (SSSR count). The number of rotatable bonds is 4. The maximum absolute atomic E-state index is 5.61. The Hall–Kier alpha value is -1.16. The molecule has 0 spiro atoms. The van der Waals surface area contributed by atoms with Crippen LogP contribution < -0.4 is 0 Å². The van der Waals surface area contributed by atoms with Crippen LogP contribution in [0.1, 0.15) is 10.4 Å². The Morgan fingerprint density at radius 1 is 0.938 bits per heavy atom. The van der Waals surface area contributed by atoms with Crippen LogP contribution >= 0.6 is 11.3 Å². The fraction of sp³-hybridized carbons (Fsp3) is 0.231. The van der Waals surface area contributed by atoms with Gasteiger partial charge in [-0.25, -0.2) is 0 Å². The molecule has 0 aliphatic heterocycles. The van der Waals surface area contributed by atoms with E-state index in [1.54, 1.807) is 25.6 Å². The van der Waals surface area contributed by atoms with E-state index in [4.69, 9.17) is 9.47 Å². The van der Waals surface area contributed by atoms with E-state index in [1.807, 2.05) is 47.8 Å². The van der Waals surface area contributed by atoms with Crippen molar-refractivity contribution in [2.45, 2.75) is 5.79 Å². The molecule has 1 aromatic heterocycles. The fourth-order valence-corrected chi connectivity index (χ4v) is 2.69. The van der Waals surface area contributed by atoms with Gasteiger partial charge in [-0.1, -0.05) is 36.4 Å². The lowest BCUT2D eigenvalue weighted by atomic mass is 10.0. The molecule has 0 aliphatic carbocycles. The van der Waals surface area contributed by atoms with Gasteiger partial charge in [0.15, 0.2) is 0 Å². The van der Waals surface area contributed by atoms with Crippen molar-refractivity contribution in [2.24, 2.45) is 0 Å². The molecule has 0 atom stereocenters. The van der Waals surface area contributed by atoms with Gasteiger partial charge < -0.3 is 9.47 Å². The van der Waals surface area contributed by atoms with Crippen LogP contribution in [-0.4, -0.2) is 14.2 Å². The van der Waals surface area contributed by atoms with Crippen molar-refractivity contribution >= 4 is 11.3 Å². The van der Waals surface area contributed by atoms with E-state index < -0.39 is 5.79 Å². The summed E-state index contributed by atoms with van der Waals surface area (Å²) in [5.41, 5.74) is 1.00. The van der Waals surface area contributed by atoms with Crippen LogP contribution in [0.2, 0.25) is 0 Å². The van der Waals surface area contributed by atoms with Gasteiger partial charge in [-0.3, -0.25) is 0 Å². The molecule has 0 N–H and O–H groups in total. The SMILES string of the molecule is COC(OC)(c1ccccc1)c1cccs1. The molecule has 1 aromatic carbocycles. The van der Waals surface area contributed by atoms with Crippen molar-refractivity contribution in [3.63, 3.8) is 0 Å². The molecular weight excluding hydrogens is 220 g/mol. The molecule has 0 aliphatic rings. The standard InChI is InChI=1S/C13H14O2S/c1-14-13(15-2,12-9-6-10-16-12)11-7-4-3-5-8-11/h3-10H,1-2H3. The molecule has 0 amide bonds. The Kier molecular flexibility index (Phi) is 3.39. The second-order valence-electron chi connectivity index (χ2n) is 3.37. The summed E-state index contributed by atoms with van der Waals surface area (Å²) in [6.07, 6.45) is 0. The van der Waals surface area contributed by atoms with Gasteiger partial charge in [-0.15, -0.1) is 11.3 Å². The highest BCUT2D eigenvalue weighted by atomic mass is 32.1. The van der Waals surface area contributed by atoms with Crippen molar-refractivity contribution in [1.82, 2.24) is 0 Å². The first-order valence-corrected chi connectivity index (χ1v) is 5.91. The van der Waals surface area contributed by atoms with E-state index in [0.29, 0.717) is 0 Å². The van der Waals surface area contributed by atoms with E-state index in [9.17, 15) is 0 Å². The third-order valence-electron chi connectivity index (χ3n) is 2.57. The van der Waals surface area contributed by atoms with Crippen LogP contribution in [0.5, 0.6) is 0 Å². The monoisotopic (exact) mass is 234 g/mol. The van der Waals surface area contributed by atoms with Gasteiger partial charge >= 0.3 is 0 Å². The summed E-state index contributed by atoms with van der Waals surface area (Å²) in [6.45, 7) is 0. The Balaban J connectivity index is 2.52. The molecule has 0 radical (unpaired) electrons. The van der Waals surface area contributed by atoms with E-state index >= 15 is 0 Å². The number of hydrogen-bond acceptors (Lipinski definition) is 3. The summed E-state index contributed by atoms with van der Waals surface area (Å²) >= 11 is 1.62. The molecular formula is C13H14O2S. The first kappa shape index (κ1) is 11.3. The second kappa shape index (κ2) is 4.78. The molecule has 84 valence electrons. The number of benzene rings is 1. The zero-order chi connectivity index (χ0) is 11.4. The number of ether oxygens (including phenoxy) is 2. The van der Waals surface area contributed by atoms with Crippen LogP contribution in [0.25, 0.3) is 0 Å². The van der Waals surface area contributed by atoms with Gasteiger partial charge in [0.05, 0.1) is 4.88 Å². The minimum atomic E-state index is -0.782. The summed E-state index contributed by atoms with van der Waals surface area (Å²) in [7, 11) is 3.33.